The third kappa shape index (κ3) is 3.31. The Hall–Kier alpha value is -1.11. The zero-order valence-electron chi connectivity index (χ0n) is 10.3. The number of hydrogen-bond acceptors (Lipinski definition) is 2. The predicted octanol–water partition coefficient (Wildman–Crippen LogP) is 4.35. The highest BCUT2D eigenvalue weighted by Crippen LogP contribution is 2.26. The number of nitrogens with one attached hydrogen (secondary N) is 1. The molecular weight excluding hydrogens is 369 g/mol. The second-order valence-electron chi connectivity index (χ2n) is 4.16. The van der Waals surface area contributed by atoms with Gasteiger partial charge in [0.05, 0.1) is 10.7 Å². The van der Waals surface area contributed by atoms with Crippen LogP contribution in [0.3, 0.4) is 0 Å². The molecular formula is C13H10BrClFNO2S. The lowest BCUT2D eigenvalue weighted by atomic mass is 10.2. The number of rotatable bonds is 3. The smallest absolute Gasteiger partial charge is 0.263 e. The van der Waals surface area contributed by atoms with Crippen molar-refractivity contribution in [2.75, 3.05) is 4.72 Å². The third-order valence-corrected chi connectivity index (χ3v) is 4.89. The molecule has 0 bridgehead atoms. The first-order chi connectivity index (χ1) is 9.29. The molecule has 106 valence electrons. The maximum absolute atomic E-state index is 13.7. The Bertz CT molecular complexity index is 765. The van der Waals surface area contributed by atoms with Crippen molar-refractivity contribution >= 4 is 43.2 Å². The van der Waals surface area contributed by atoms with E-state index in [0.29, 0.717) is 4.47 Å². The van der Waals surface area contributed by atoms with Crippen molar-refractivity contribution in [2.24, 2.45) is 0 Å². The highest BCUT2D eigenvalue weighted by Gasteiger charge is 2.19. The SMILES string of the molecule is Cc1ccc(S(=O)(=O)Nc2ccc(Br)cc2F)c(Cl)c1. The Morgan fingerprint density at radius 2 is 1.90 bits per heavy atom. The lowest BCUT2D eigenvalue weighted by Gasteiger charge is -2.10. The molecule has 0 saturated carbocycles. The van der Waals surface area contributed by atoms with E-state index in [1.54, 1.807) is 13.0 Å². The summed E-state index contributed by atoms with van der Waals surface area (Å²) in [6, 6.07) is 8.59. The standard InChI is InChI=1S/C13H10BrClFNO2S/c1-8-2-5-13(10(15)6-8)20(18,19)17-12-4-3-9(14)7-11(12)16/h2-7,17H,1H3. The van der Waals surface area contributed by atoms with Crippen LogP contribution in [0.15, 0.2) is 45.8 Å². The first-order valence-corrected chi connectivity index (χ1v) is 8.19. The topological polar surface area (TPSA) is 46.2 Å². The van der Waals surface area contributed by atoms with Crippen LogP contribution < -0.4 is 4.72 Å². The van der Waals surface area contributed by atoms with E-state index in [0.717, 1.165) is 5.56 Å². The van der Waals surface area contributed by atoms with Crippen LogP contribution in [0.4, 0.5) is 10.1 Å². The first-order valence-electron chi connectivity index (χ1n) is 5.53. The molecule has 2 aromatic rings. The summed E-state index contributed by atoms with van der Waals surface area (Å²) in [5.41, 5.74) is 0.702. The molecule has 0 fully saturated rings. The van der Waals surface area contributed by atoms with Crippen LogP contribution in [-0.4, -0.2) is 8.42 Å². The van der Waals surface area contributed by atoms with E-state index in [-0.39, 0.29) is 15.6 Å². The monoisotopic (exact) mass is 377 g/mol. The maximum atomic E-state index is 13.7. The highest BCUT2D eigenvalue weighted by atomic mass is 79.9. The molecule has 20 heavy (non-hydrogen) atoms. The highest BCUT2D eigenvalue weighted by molar-refractivity contribution is 9.10. The summed E-state index contributed by atoms with van der Waals surface area (Å²) in [5.74, 6) is -0.675. The maximum Gasteiger partial charge on any atom is 0.263 e. The molecule has 0 aliphatic carbocycles. The van der Waals surface area contributed by atoms with Crippen molar-refractivity contribution in [3.63, 3.8) is 0 Å². The molecule has 2 rings (SSSR count). The van der Waals surface area contributed by atoms with Crippen molar-refractivity contribution in [2.45, 2.75) is 11.8 Å². The molecule has 0 unspecified atom stereocenters. The van der Waals surface area contributed by atoms with Gasteiger partial charge in [-0.05, 0) is 42.8 Å². The Morgan fingerprint density at radius 3 is 2.50 bits per heavy atom. The number of anilines is 1. The molecule has 0 heterocycles. The van der Waals surface area contributed by atoms with Crippen molar-refractivity contribution in [1.29, 1.82) is 0 Å². The molecule has 1 N–H and O–H groups in total. The molecule has 0 radical (unpaired) electrons. The lowest BCUT2D eigenvalue weighted by molar-refractivity contribution is 0.598. The fraction of sp³-hybridized carbons (Fsp3) is 0.0769. The number of benzene rings is 2. The summed E-state index contributed by atoms with van der Waals surface area (Å²) in [6.45, 7) is 1.80. The molecule has 0 aromatic heterocycles. The van der Waals surface area contributed by atoms with Gasteiger partial charge in [-0.2, -0.15) is 0 Å². The molecule has 0 saturated heterocycles. The third-order valence-electron chi connectivity index (χ3n) is 2.55. The van der Waals surface area contributed by atoms with Gasteiger partial charge in [-0.15, -0.1) is 0 Å². The summed E-state index contributed by atoms with van der Waals surface area (Å²) >= 11 is 9.03. The van der Waals surface area contributed by atoms with Crippen LogP contribution in [0.2, 0.25) is 5.02 Å². The minimum Gasteiger partial charge on any atom is -0.277 e. The second-order valence-corrected chi connectivity index (χ2v) is 7.14. The van der Waals surface area contributed by atoms with Gasteiger partial charge in [0.2, 0.25) is 0 Å². The number of halogens is 3. The van der Waals surface area contributed by atoms with E-state index in [1.165, 1.54) is 30.3 Å². The molecule has 3 nitrogen and oxygen atoms in total. The minimum atomic E-state index is -3.93. The second kappa shape index (κ2) is 5.71. The average Bonchev–Trinajstić information content (AvgIpc) is 2.32. The molecule has 0 spiro atoms. The van der Waals surface area contributed by atoms with E-state index in [9.17, 15) is 12.8 Å². The Labute approximate surface area is 130 Å². The van der Waals surface area contributed by atoms with Crippen molar-refractivity contribution < 1.29 is 12.8 Å². The van der Waals surface area contributed by atoms with Crippen LogP contribution in [0.1, 0.15) is 5.56 Å². The normalized spacial score (nSPS) is 11.4. The van der Waals surface area contributed by atoms with Crippen LogP contribution in [0.25, 0.3) is 0 Å². The summed E-state index contributed by atoms with van der Waals surface area (Å²) in [7, 11) is -3.93. The van der Waals surface area contributed by atoms with Gasteiger partial charge < -0.3 is 0 Å². The van der Waals surface area contributed by atoms with Gasteiger partial charge in [-0.3, -0.25) is 4.72 Å². The van der Waals surface area contributed by atoms with Gasteiger partial charge in [-0.25, -0.2) is 12.8 Å². The Balaban J connectivity index is 2.41. The Morgan fingerprint density at radius 1 is 1.20 bits per heavy atom. The van der Waals surface area contributed by atoms with E-state index in [2.05, 4.69) is 20.7 Å². The number of aryl methyl sites for hydroxylation is 1. The fourth-order valence-corrected chi connectivity index (χ4v) is 3.60. The molecule has 0 amide bonds. The van der Waals surface area contributed by atoms with Crippen LogP contribution in [-0.2, 0) is 10.0 Å². The van der Waals surface area contributed by atoms with Crippen molar-refractivity contribution in [1.82, 2.24) is 0 Å². The molecule has 0 aliphatic heterocycles. The summed E-state index contributed by atoms with van der Waals surface area (Å²) < 4.78 is 40.8. The van der Waals surface area contributed by atoms with Crippen molar-refractivity contribution in [3.05, 3.63) is 57.3 Å². The minimum absolute atomic E-state index is 0.0907. The summed E-state index contributed by atoms with van der Waals surface area (Å²) in [5, 5.41) is 0.0926. The Kier molecular flexibility index (Phi) is 4.36. The lowest BCUT2D eigenvalue weighted by Crippen LogP contribution is -2.14. The van der Waals surface area contributed by atoms with Crippen LogP contribution >= 0.6 is 27.5 Å². The molecule has 0 atom stereocenters. The van der Waals surface area contributed by atoms with Gasteiger partial charge in [-0.1, -0.05) is 33.6 Å². The van der Waals surface area contributed by atoms with Gasteiger partial charge in [0.15, 0.2) is 0 Å². The summed E-state index contributed by atoms with van der Waals surface area (Å²) in [4.78, 5) is -0.0907. The van der Waals surface area contributed by atoms with E-state index in [4.69, 9.17) is 11.6 Å². The van der Waals surface area contributed by atoms with Gasteiger partial charge in [0, 0.05) is 4.47 Å². The largest absolute Gasteiger partial charge is 0.277 e. The predicted molar refractivity (Wildman–Crippen MR) is 81.1 cm³/mol. The first kappa shape index (κ1) is 15.3. The molecule has 2 aromatic carbocycles. The summed E-state index contributed by atoms with van der Waals surface area (Å²) in [6.07, 6.45) is 0. The van der Waals surface area contributed by atoms with Gasteiger partial charge in [0.25, 0.3) is 10.0 Å². The van der Waals surface area contributed by atoms with E-state index in [1.807, 2.05) is 0 Å². The van der Waals surface area contributed by atoms with Crippen LogP contribution in [0, 0.1) is 12.7 Å². The van der Waals surface area contributed by atoms with Gasteiger partial charge >= 0.3 is 0 Å². The van der Waals surface area contributed by atoms with Crippen molar-refractivity contribution in [3.8, 4) is 0 Å². The average molecular weight is 379 g/mol. The zero-order valence-corrected chi connectivity index (χ0v) is 13.5. The van der Waals surface area contributed by atoms with E-state index >= 15 is 0 Å². The zero-order chi connectivity index (χ0) is 14.9. The quantitative estimate of drug-likeness (QED) is 0.863. The van der Waals surface area contributed by atoms with E-state index < -0.39 is 15.8 Å². The fourth-order valence-electron chi connectivity index (χ4n) is 1.60. The molecule has 0 aliphatic rings. The molecule has 7 heteroatoms. The van der Waals surface area contributed by atoms with Gasteiger partial charge in [0.1, 0.15) is 10.7 Å². The van der Waals surface area contributed by atoms with Crippen LogP contribution in [0.5, 0.6) is 0 Å². The number of sulfonamides is 1. The number of hydrogen-bond donors (Lipinski definition) is 1.